The highest BCUT2D eigenvalue weighted by Crippen LogP contribution is 2.25. The molecule has 1 aromatic rings. The van der Waals surface area contributed by atoms with Crippen molar-refractivity contribution in [3.8, 4) is 5.75 Å². The lowest BCUT2D eigenvalue weighted by Gasteiger charge is -2.10. The Balaban J connectivity index is 2.43. The van der Waals surface area contributed by atoms with E-state index in [9.17, 15) is 0 Å². The van der Waals surface area contributed by atoms with Crippen molar-refractivity contribution in [2.24, 2.45) is 5.73 Å². The van der Waals surface area contributed by atoms with Crippen LogP contribution in [0.2, 0.25) is 5.02 Å². The van der Waals surface area contributed by atoms with E-state index in [1.807, 2.05) is 26.0 Å². The van der Waals surface area contributed by atoms with Crippen LogP contribution >= 0.6 is 11.6 Å². The SMILES string of the molecule is Cc1cc(OCCOCCN)cc(C)c1Cl. The Morgan fingerprint density at radius 3 is 2.31 bits per heavy atom. The van der Waals surface area contributed by atoms with Crippen LogP contribution in [0.3, 0.4) is 0 Å². The van der Waals surface area contributed by atoms with Crippen molar-refractivity contribution in [1.29, 1.82) is 0 Å². The van der Waals surface area contributed by atoms with Crippen LogP contribution in [-0.4, -0.2) is 26.4 Å². The van der Waals surface area contributed by atoms with E-state index in [1.54, 1.807) is 0 Å². The van der Waals surface area contributed by atoms with Gasteiger partial charge in [0, 0.05) is 11.6 Å². The molecule has 4 heteroatoms. The second-order valence-corrected chi connectivity index (χ2v) is 4.00. The third-order valence-electron chi connectivity index (χ3n) is 2.17. The molecule has 3 nitrogen and oxygen atoms in total. The minimum atomic E-state index is 0.528. The van der Waals surface area contributed by atoms with Gasteiger partial charge in [-0.3, -0.25) is 0 Å². The summed E-state index contributed by atoms with van der Waals surface area (Å²) in [7, 11) is 0. The van der Waals surface area contributed by atoms with Gasteiger partial charge in [0.05, 0.1) is 13.2 Å². The summed E-state index contributed by atoms with van der Waals surface area (Å²) >= 11 is 6.06. The van der Waals surface area contributed by atoms with Gasteiger partial charge in [0.2, 0.25) is 0 Å². The van der Waals surface area contributed by atoms with Crippen LogP contribution in [0.15, 0.2) is 12.1 Å². The first kappa shape index (κ1) is 13.3. The molecule has 0 fully saturated rings. The molecule has 0 saturated carbocycles. The van der Waals surface area contributed by atoms with E-state index < -0.39 is 0 Å². The molecule has 0 aromatic heterocycles. The van der Waals surface area contributed by atoms with Crippen LogP contribution in [0.1, 0.15) is 11.1 Å². The minimum absolute atomic E-state index is 0.528. The zero-order chi connectivity index (χ0) is 12.0. The maximum Gasteiger partial charge on any atom is 0.120 e. The van der Waals surface area contributed by atoms with Gasteiger partial charge in [-0.25, -0.2) is 0 Å². The summed E-state index contributed by atoms with van der Waals surface area (Å²) in [5, 5.41) is 0.798. The highest BCUT2D eigenvalue weighted by Gasteiger charge is 2.03. The molecule has 0 aliphatic rings. The molecule has 1 aromatic carbocycles. The van der Waals surface area contributed by atoms with Crippen LogP contribution in [0.25, 0.3) is 0 Å². The molecule has 0 aliphatic carbocycles. The van der Waals surface area contributed by atoms with Gasteiger partial charge < -0.3 is 15.2 Å². The second-order valence-electron chi connectivity index (χ2n) is 3.62. The zero-order valence-electron chi connectivity index (χ0n) is 9.75. The zero-order valence-corrected chi connectivity index (χ0v) is 10.5. The maximum atomic E-state index is 6.06. The molecule has 90 valence electrons. The van der Waals surface area contributed by atoms with Gasteiger partial charge in [-0.15, -0.1) is 0 Å². The highest BCUT2D eigenvalue weighted by atomic mass is 35.5. The summed E-state index contributed by atoms with van der Waals surface area (Å²) in [6, 6.07) is 3.86. The summed E-state index contributed by atoms with van der Waals surface area (Å²) in [6.45, 7) is 6.12. The Kier molecular flexibility index (Phi) is 5.60. The predicted molar refractivity (Wildman–Crippen MR) is 66.3 cm³/mol. The van der Waals surface area contributed by atoms with Crippen LogP contribution in [0, 0.1) is 13.8 Å². The van der Waals surface area contributed by atoms with E-state index in [2.05, 4.69) is 0 Å². The molecule has 0 bridgehead atoms. The van der Waals surface area contributed by atoms with Crippen LogP contribution in [-0.2, 0) is 4.74 Å². The lowest BCUT2D eigenvalue weighted by atomic mass is 10.1. The van der Waals surface area contributed by atoms with E-state index >= 15 is 0 Å². The maximum absolute atomic E-state index is 6.06. The molecule has 2 N–H and O–H groups in total. The van der Waals surface area contributed by atoms with E-state index in [-0.39, 0.29) is 0 Å². The molecule has 0 unspecified atom stereocenters. The number of hydrogen-bond donors (Lipinski definition) is 1. The Morgan fingerprint density at radius 2 is 1.75 bits per heavy atom. The third-order valence-corrected chi connectivity index (χ3v) is 2.76. The molecule has 0 radical (unpaired) electrons. The Labute approximate surface area is 101 Å². The number of rotatable bonds is 6. The van der Waals surface area contributed by atoms with E-state index in [4.69, 9.17) is 26.8 Å². The van der Waals surface area contributed by atoms with Gasteiger partial charge in [0.1, 0.15) is 12.4 Å². The Hall–Kier alpha value is -0.770. The largest absolute Gasteiger partial charge is 0.491 e. The smallest absolute Gasteiger partial charge is 0.120 e. The monoisotopic (exact) mass is 243 g/mol. The fourth-order valence-corrected chi connectivity index (χ4v) is 1.50. The highest BCUT2D eigenvalue weighted by molar-refractivity contribution is 6.32. The molecule has 0 amide bonds. The van der Waals surface area contributed by atoms with Gasteiger partial charge >= 0.3 is 0 Å². The number of aryl methyl sites for hydroxylation is 2. The van der Waals surface area contributed by atoms with Crippen molar-refractivity contribution in [1.82, 2.24) is 0 Å². The number of hydrogen-bond acceptors (Lipinski definition) is 3. The van der Waals surface area contributed by atoms with Crippen molar-refractivity contribution in [2.75, 3.05) is 26.4 Å². The summed E-state index contributed by atoms with van der Waals surface area (Å²) in [6.07, 6.45) is 0. The molecule has 1 rings (SSSR count). The molecule has 0 heterocycles. The van der Waals surface area contributed by atoms with Gasteiger partial charge in [-0.05, 0) is 37.1 Å². The second kappa shape index (κ2) is 6.74. The Bertz CT molecular complexity index is 319. The lowest BCUT2D eigenvalue weighted by molar-refractivity contribution is 0.106. The van der Waals surface area contributed by atoms with Crippen molar-refractivity contribution in [3.63, 3.8) is 0 Å². The quantitative estimate of drug-likeness (QED) is 0.780. The number of ether oxygens (including phenoxy) is 2. The first-order valence-corrected chi connectivity index (χ1v) is 5.70. The predicted octanol–water partition coefficient (Wildman–Crippen LogP) is 2.31. The molecule has 0 spiro atoms. The number of benzene rings is 1. The molecule has 16 heavy (non-hydrogen) atoms. The van der Waals surface area contributed by atoms with Crippen molar-refractivity contribution < 1.29 is 9.47 Å². The van der Waals surface area contributed by atoms with Gasteiger partial charge in [0.25, 0.3) is 0 Å². The average molecular weight is 244 g/mol. The number of halogens is 1. The number of nitrogens with two attached hydrogens (primary N) is 1. The normalized spacial score (nSPS) is 10.5. The van der Waals surface area contributed by atoms with Crippen LogP contribution < -0.4 is 10.5 Å². The fraction of sp³-hybridized carbons (Fsp3) is 0.500. The molecular weight excluding hydrogens is 226 g/mol. The first-order chi connectivity index (χ1) is 7.65. The fourth-order valence-electron chi connectivity index (χ4n) is 1.39. The van der Waals surface area contributed by atoms with Gasteiger partial charge in [-0.2, -0.15) is 0 Å². The van der Waals surface area contributed by atoms with E-state index in [0.29, 0.717) is 26.4 Å². The van der Waals surface area contributed by atoms with E-state index in [0.717, 1.165) is 21.9 Å². The summed E-state index contributed by atoms with van der Waals surface area (Å²) in [5.74, 6) is 0.829. The van der Waals surface area contributed by atoms with Gasteiger partial charge in [0.15, 0.2) is 0 Å². The molecule has 0 saturated heterocycles. The molecular formula is C12H18ClNO2. The molecule has 0 atom stereocenters. The standard InChI is InChI=1S/C12H18ClNO2/c1-9-7-11(8-10(2)12(9)13)16-6-5-15-4-3-14/h7-8H,3-6,14H2,1-2H3. The van der Waals surface area contributed by atoms with Crippen LogP contribution in [0.5, 0.6) is 5.75 Å². The summed E-state index contributed by atoms with van der Waals surface area (Å²) in [5.41, 5.74) is 7.35. The minimum Gasteiger partial charge on any atom is -0.491 e. The topological polar surface area (TPSA) is 44.5 Å². The Morgan fingerprint density at radius 1 is 1.12 bits per heavy atom. The summed E-state index contributed by atoms with van der Waals surface area (Å²) in [4.78, 5) is 0. The van der Waals surface area contributed by atoms with Crippen molar-refractivity contribution >= 4 is 11.6 Å². The van der Waals surface area contributed by atoms with E-state index in [1.165, 1.54) is 0 Å². The average Bonchev–Trinajstić information content (AvgIpc) is 2.25. The van der Waals surface area contributed by atoms with Gasteiger partial charge in [-0.1, -0.05) is 11.6 Å². The summed E-state index contributed by atoms with van der Waals surface area (Å²) < 4.78 is 10.8. The van der Waals surface area contributed by atoms with Crippen molar-refractivity contribution in [2.45, 2.75) is 13.8 Å². The third kappa shape index (κ3) is 4.00. The van der Waals surface area contributed by atoms with Crippen molar-refractivity contribution in [3.05, 3.63) is 28.3 Å². The van der Waals surface area contributed by atoms with Crippen LogP contribution in [0.4, 0.5) is 0 Å². The molecule has 0 aliphatic heterocycles. The lowest BCUT2D eigenvalue weighted by Crippen LogP contribution is -2.13. The first-order valence-electron chi connectivity index (χ1n) is 5.32.